The van der Waals surface area contributed by atoms with Gasteiger partial charge in [-0.15, -0.1) is 11.8 Å². The average Bonchev–Trinajstić information content (AvgIpc) is 2.17. The minimum Gasteiger partial charge on any atom is -0.383 e. The summed E-state index contributed by atoms with van der Waals surface area (Å²) in [6, 6.07) is 6.30. The van der Waals surface area contributed by atoms with Crippen LogP contribution in [0.1, 0.15) is 5.56 Å². The van der Waals surface area contributed by atoms with E-state index in [9.17, 15) is 0 Å². The predicted molar refractivity (Wildman–Crippen MR) is 53.5 cm³/mol. The third-order valence-corrected chi connectivity index (χ3v) is 3.05. The molecule has 0 unspecified atom stereocenters. The number of fused-ring (bicyclic) bond motifs is 1. The summed E-state index contributed by atoms with van der Waals surface area (Å²) in [5, 5.41) is 3.38. The van der Waals surface area contributed by atoms with E-state index in [1.807, 2.05) is 11.8 Å². The average molecular weight is 180 g/mol. The lowest BCUT2D eigenvalue weighted by molar-refractivity contribution is 1.04. The van der Waals surface area contributed by atoms with Crippen LogP contribution in [-0.4, -0.2) is 12.3 Å². The van der Waals surface area contributed by atoms with Gasteiger partial charge in [0.1, 0.15) is 0 Å². The van der Waals surface area contributed by atoms with Gasteiger partial charge in [0.25, 0.3) is 0 Å². The van der Waals surface area contributed by atoms with Crippen molar-refractivity contribution in [2.45, 2.75) is 11.4 Å². The van der Waals surface area contributed by atoms with E-state index in [0.717, 1.165) is 12.3 Å². The van der Waals surface area contributed by atoms with Crippen LogP contribution < -0.4 is 11.1 Å². The van der Waals surface area contributed by atoms with E-state index < -0.39 is 0 Å². The van der Waals surface area contributed by atoms with Gasteiger partial charge < -0.3 is 11.1 Å². The third kappa shape index (κ3) is 1.30. The molecule has 0 aromatic heterocycles. The fourth-order valence-corrected chi connectivity index (χ4v) is 2.35. The SMILES string of the molecule is NCc1cccc2c1NCCS2. The highest BCUT2D eigenvalue weighted by Crippen LogP contribution is 2.33. The van der Waals surface area contributed by atoms with Crippen LogP contribution in [-0.2, 0) is 6.54 Å². The Kier molecular flexibility index (Phi) is 2.23. The van der Waals surface area contributed by atoms with Crippen LogP contribution in [0.4, 0.5) is 5.69 Å². The number of nitrogens with one attached hydrogen (secondary N) is 1. The predicted octanol–water partition coefficient (Wildman–Crippen LogP) is 1.66. The summed E-state index contributed by atoms with van der Waals surface area (Å²) in [5.74, 6) is 1.15. The van der Waals surface area contributed by atoms with Gasteiger partial charge in [0.15, 0.2) is 0 Å². The minimum atomic E-state index is 0.622. The van der Waals surface area contributed by atoms with E-state index in [2.05, 4.69) is 23.5 Å². The van der Waals surface area contributed by atoms with Gasteiger partial charge in [-0.3, -0.25) is 0 Å². The van der Waals surface area contributed by atoms with Crippen molar-refractivity contribution in [1.82, 2.24) is 0 Å². The normalized spacial score (nSPS) is 15.1. The molecule has 0 atom stereocenters. The topological polar surface area (TPSA) is 38.0 Å². The highest BCUT2D eigenvalue weighted by molar-refractivity contribution is 7.99. The molecule has 1 aliphatic rings. The first-order chi connectivity index (χ1) is 5.92. The van der Waals surface area contributed by atoms with Crippen LogP contribution in [0, 0.1) is 0 Å². The number of para-hydroxylation sites is 1. The highest BCUT2D eigenvalue weighted by atomic mass is 32.2. The van der Waals surface area contributed by atoms with Gasteiger partial charge in [0, 0.05) is 23.7 Å². The molecule has 3 N–H and O–H groups in total. The van der Waals surface area contributed by atoms with Crippen LogP contribution in [0.2, 0.25) is 0 Å². The third-order valence-electron chi connectivity index (χ3n) is 1.99. The van der Waals surface area contributed by atoms with Crippen LogP contribution in [0.25, 0.3) is 0 Å². The first kappa shape index (κ1) is 7.95. The Morgan fingerprint density at radius 2 is 2.42 bits per heavy atom. The lowest BCUT2D eigenvalue weighted by atomic mass is 10.2. The molecule has 1 aromatic carbocycles. The van der Waals surface area contributed by atoms with Crippen LogP contribution in [0.15, 0.2) is 23.1 Å². The molecule has 1 heterocycles. The molecule has 12 heavy (non-hydrogen) atoms. The fraction of sp³-hybridized carbons (Fsp3) is 0.333. The second-order valence-corrected chi connectivity index (χ2v) is 3.91. The summed E-state index contributed by atoms with van der Waals surface area (Å²) >= 11 is 1.90. The Labute approximate surface area is 76.5 Å². The molecule has 1 aromatic rings. The molecule has 3 heteroatoms. The number of rotatable bonds is 1. The fourth-order valence-electron chi connectivity index (χ4n) is 1.40. The molecule has 0 aliphatic carbocycles. The smallest absolute Gasteiger partial charge is 0.0524 e. The van der Waals surface area contributed by atoms with Crippen molar-refractivity contribution in [3.63, 3.8) is 0 Å². The van der Waals surface area contributed by atoms with Crippen molar-refractivity contribution in [3.8, 4) is 0 Å². The molecular weight excluding hydrogens is 168 g/mol. The monoisotopic (exact) mass is 180 g/mol. The minimum absolute atomic E-state index is 0.622. The summed E-state index contributed by atoms with van der Waals surface area (Å²) in [6.45, 7) is 1.67. The number of benzene rings is 1. The van der Waals surface area contributed by atoms with Gasteiger partial charge in [-0.05, 0) is 11.6 Å². The molecule has 0 bridgehead atoms. The maximum atomic E-state index is 5.62. The van der Waals surface area contributed by atoms with Crippen molar-refractivity contribution in [1.29, 1.82) is 0 Å². The molecule has 1 aliphatic heterocycles. The van der Waals surface area contributed by atoms with Gasteiger partial charge in [-0.2, -0.15) is 0 Å². The standard InChI is InChI=1S/C9H12N2S/c10-6-7-2-1-3-8-9(7)11-4-5-12-8/h1-3,11H,4-6,10H2. The second-order valence-electron chi connectivity index (χ2n) is 2.77. The van der Waals surface area contributed by atoms with E-state index in [1.165, 1.54) is 16.1 Å². The van der Waals surface area contributed by atoms with E-state index in [0.29, 0.717) is 6.54 Å². The zero-order valence-corrected chi connectivity index (χ0v) is 7.66. The van der Waals surface area contributed by atoms with Crippen LogP contribution in [0.3, 0.4) is 0 Å². The summed E-state index contributed by atoms with van der Waals surface area (Å²) in [4.78, 5) is 1.34. The van der Waals surface area contributed by atoms with Gasteiger partial charge in [0.05, 0.1) is 5.69 Å². The Balaban J connectivity index is 2.44. The van der Waals surface area contributed by atoms with E-state index >= 15 is 0 Å². The molecule has 2 nitrogen and oxygen atoms in total. The summed E-state index contributed by atoms with van der Waals surface area (Å²) in [5.41, 5.74) is 8.09. The Morgan fingerprint density at radius 1 is 1.50 bits per heavy atom. The Morgan fingerprint density at radius 3 is 3.25 bits per heavy atom. The van der Waals surface area contributed by atoms with E-state index in [-0.39, 0.29) is 0 Å². The molecule has 64 valence electrons. The lowest BCUT2D eigenvalue weighted by Gasteiger charge is -2.19. The molecule has 2 rings (SSSR count). The van der Waals surface area contributed by atoms with Crippen molar-refractivity contribution in [3.05, 3.63) is 23.8 Å². The van der Waals surface area contributed by atoms with Crippen LogP contribution in [0.5, 0.6) is 0 Å². The molecule has 0 saturated carbocycles. The lowest BCUT2D eigenvalue weighted by Crippen LogP contribution is -2.13. The van der Waals surface area contributed by atoms with Crippen molar-refractivity contribution < 1.29 is 0 Å². The number of hydrogen-bond acceptors (Lipinski definition) is 3. The van der Waals surface area contributed by atoms with Gasteiger partial charge in [-0.25, -0.2) is 0 Å². The number of thioether (sulfide) groups is 1. The van der Waals surface area contributed by atoms with Gasteiger partial charge in [-0.1, -0.05) is 12.1 Å². The van der Waals surface area contributed by atoms with Gasteiger partial charge in [0.2, 0.25) is 0 Å². The summed E-state index contributed by atoms with van der Waals surface area (Å²) in [6.07, 6.45) is 0. The van der Waals surface area contributed by atoms with E-state index in [4.69, 9.17) is 5.73 Å². The zero-order valence-electron chi connectivity index (χ0n) is 6.84. The molecule has 0 amide bonds. The first-order valence-electron chi connectivity index (χ1n) is 4.10. The molecule has 0 fully saturated rings. The molecule has 0 saturated heterocycles. The quantitative estimate of drug-likeness (QED) is 0.690. The Hall–Kier alpha value is -0.670. The molecule has 0 radical (unpaired) electrons. The first-order valence-corrected chi connectivity index (χ1v) is 5.09. The van der Waals surface area contributed by atoms with Crippen molar-refractivity contribution >= 4 is 17.4 Å². The van der Waals surface area contributed by atoms with Crippen LogP contribution >= 0.6 is 11.8 Å². The Bertz CT molecular complexity index is 272. The van der Waals surface area contributed by atoms with Crippen molar-refractivity contribution in [2.24, 2.45) is 5.73 Å². The second kappa shape index (κ2) is 3.37. The maximum Gasteiger partial charge on any atom is 0.0524 e. The van der Waals surface area contributed by atoms with E-state index in [1.54, 1.807) is 0 Å². The summed E-state index contributed by atoms with van der Waals surface area (Å²) < 4.78 is 0. The highest BCUT2D eigenvalue weighted by Gasteiger charge is 2.10. The van der Waals surface area contributed by atoms with Gasteiger partial charge >= 0.3 is 0 Å². The zero-order chi connectivity index (χ0) is 8.39. The number of nitrogens with two attached hydrogens (primary N) is 1. The molecular formula is C9H12N2S. The largest absolute Gasteiger partial charge is 0.383 e. The maximum absolute atomic E-state index is 5.62. The summed E-state index contributed by atoms with van der Waals surface area (Å²) in [7, 11) is 0. The van der Waals surface area contributed by atoms with Crippen molar-refractivity contribution in [2.75, 3.05) is 17.6 Å². The number of hydrogen-bond donors (Lipinski definition) is 2. The number of anilines is 1. The molecule has 0 spiro atoms.